The lowest BCUT2D eigenvalue weighted by Gasteiger charge is -2.53. The van der Waals surface area contributed by atoms with Gasteiger partial charge in [0, 0.05) is 23.7 Å². The number of imide groups is 2. The Balaban J connectivity index is 1.39. The topological polar surface area (TPSA) is 102 Å². The van der Waals surface area contributed by atoms with Gasteiger partial charge in [-0.1, -0.05) is 0 Å². The highest BCUT2D eigenvalue weighted by Crippen LogP contribution is 2.86. The zero-order valence-electron chi connectivity index (χ0n) is 17.7. The molecule has 7 nitrogen and oxygen atoms in total. The van der Waals surface area contributed by atoms with Crippen LogP contribution in [0.4, 0.5) is 26.3 Å². The molecule has 2 N–H and O–H groups in total. The molecule has 8 aliphatic rings. The SMILES string of the molecule is O=C1NC(=O)[C@H]2[C@@H]3C[C@H]([C@@H]12)[C@@H]1[C@H]3C2(C(F)(F)F)OC1(C(F)(F)F)[C@H]1[C@H]3C[C@H]([C@H]4C(=O)NC(=O)[C@@H]34)[C@H]12. The number of alkyl halides is 6. The molecule has 0 aromatic carbocycles. The normalized spacial score (nSPS) is 58.6. The molecule has 4 aliphatic heterocycles. The molecule has 13 heteroatoms. The van der Waals surface area contributed by atoms with Gasteiger partial charge in [-0.05, 0) is 36.5 Å². The van der Waals surface area contributed by atoms with E-state index >= 15 is 26.3 Å². The van der Waals surface area contributed by atoms with E-state index in [2.05, 4.69) is 10.6 Å². The molecule has 4 saturated carbocycles. The van der Waals surface area contributed by atoms with Crippen LogP contribution in [0.15, 0.2) is 0 Å². The third kappa shape index (κ3) is 1.79. The summed E-state index contributed by atoms with van der Waals surface area (Å²) in [4.78, 5) is 50.0. The van der Waals surface area contributed by atoms with E-state index in [0.29, 0.717) is 0 Å². The fraction of sp³-hybridized carbons (Fsp3) is 0.818. The first-order valence-electron chi connectivity index (χ1n) is 11.8. The summed E-state index contributed by atoms with van der Waals surface area (Å²) in [6, 6.07) is 0. The maximum Gasteiger partial charge on any atom is 0.418 e. The van der Waals surface area contributed by atoms with Crippen LogP contribution in [0, 0.1) is 71.0 Å². The average Bonchev–Trinajstić information content (AvgIpc) is 3.53. The first-order chi connectivity index (χ1) is 16.3. The number of amides is 4. The quantitative estimate of drug-likeness (QED) is 0.381. The number of fused-ring (bicyclic) bond motifs is 22. The summed E-state index contributed by atoms with van der Waals surface area (Å²) in [5.41, 5.74) is -6.38. The number of rotatable bonds is 0. The smallest absolute Gasteiger partial charge is 0.348 e. The largest absolute Gasteiger partial charge is 0.418 e. The number of ether oxygens (including phenoxy) is 1. The molecule has 6 bridgehead atoms. The molecule has 2 unspecified atom stereocenters. The van der Waals surface area contributed by atoms with Crippen LogP contribution in [-0.4, -0.2) is 47.2 Å². The van der Waals surface area contributed by atoms with Gasteiger partial charge in [0.1, 0.15) is 0 Å². The van der Waals surface area contributed by atoms with Crippen LogP contribution < -0.4 is 10.6 Å². The summed E-state index contributed by atoms with van der Waals surface area (Å²) in [5.74, 6) is -18.3. The molecule has 4 amide bonds. The van der Waals surface area contributed by atoms with Gasteiger partial charge in [0.25, 0.3) is 0 Å². The predicted octanol–water partition coefficient (Wildman–Crippen LogP) is 1.17. The molecule has 4 heterocycles. The second-order valence-electron chi connectivity index (χ2n) is 11.7. The second kappa shape index (κ2) is 5.40. The molecule has 35 heavy (non-hydrogen) atoms. The van der Waals surface area contributed by atoms with Crippen molar-refractivity contribution in [1.82, 2.24) is 10.6 Å². The Morgan fingerprint density at radius 1 is 0.571 bits per heavy atom. The highest BCUT2D eigenvalue weighted by Gasteiger charge is 2.97. The van der Waals surface area contributed by atoms with Crippen LogP contribution in [0.2, 0.25) is 0 Å². The lowest BCUT2D eigenvalue weighted by atomic mass is 9.46. The summed E-state index contributed by atoms with van der Waals surface area (Å²) in [7, 11) is 0. The molecular formula is C22H18F6N2O5. The Kier molecular flexibility index (Phi) is 3.23. The van der Waals surface area contributed by atoms with Crippen LogP contribution >= 0.6 is 0 Å². The van der Waals surface area contributed by atoms with Crippen molar-refractivity contribution in [1.29, 1.82) is 0 Å². The van der Waals surface area contributed by atoms with Crippen molar-refractivity contribution in [3.05, 3.63) is 0 Å². The van der Waals surface area contributed by atoms with E-state index in [-0.39, 0.29) is 12.8 Å². The zero-order valence-corrected chi connectivity index (χ0v) is 17.7. The molecule has 188 valence electrons. The van der Waals surface area contributed by atoms with Gasteiger partial charge in [0.2, 0.25) is 23.6 Å². The Morgan fingerprint density at radius 2 is 0.829 bits per heavy atom. The summed E-state index contributed by atoms with van der Waals surface area (Å²) >= 11 is 0. The van der Waals surface area contributed by atoms with Crippen LogP contribution in [-0.2, 0) is 23.9 Å². The molecular weight excluding hydrogens is 486 g/mol. The molecule has 4 aliphatic carbocycles. The molecule has 8 fully saturated rings. The van der Waals surface area contributed by atoms with Gasteiger partial charge in [-0.25, -0.2) is 0 Å². The second-order valence-corrected chi connectivity index (χ2v) is 11.7. The van der Waals surface area contributed by atoms with E-state index in [4.69, 9.17) is 4.74 Å². The number of hydrogen-bond donors (Lipinski definition) is 2. The fourth-order valence-corrected chi connectivity index (χ4v) is 11.0. The number of carbonyl (C=O) groups excluding carboxylic acids is 4. The van der Waals surface area contributed by atoms with Crippen LogP contribution in [0.1, 0.15) is 12.8 Å². The number of carbonyl (C=O) groups is 4. The third-order valence-electron chi connectivity index (χ3n) is 11.2. The van der Waals surface area contributed by atoms with Gasteiger partial charge in [0.15, 0.2) is 11.2 Å². The van der Waals surface area contributed by atoms with Gasteiger partial charge in [-0.15, -0.1) is 0 Å². The highest BCUT2D eigenvalue weighted by molar-refractivity contribution is 6.07. The number of halogens is 6. The molecule has 0 radical (unpaired) electrons. The van der Waals surface area contributed by atoms with Crippen LogP contribution in [0.3, 0.4) is 0 Å². The minimum Gasteiger partial charge on any atom is -0.348 e. The first kappa shape index (κ1) is 21.0. The van der Waals surface area contributed by atoms with Gasteiger partial charge in [-0.2, -0.15) is 26.3 Å². The summed E-state index contributed by atoms with van der Waals surface area (Å²) < 4.78 is 96.2. The van der Waals surface area contributed by atoms with E-state index < -0.39 is 118 Å². The summed E-state index contributed by atoms with van der Waals surface area (Å²) in [6.45, 7) is 0. The molecule has 0 aromatic heterocycles. The van der Waals surface area contributed by atoms with Crippen molar-refractivity contribution in [3.8, 4) is 0 Å². The Bertz CT molecular complexity index is 1010. The maximum absolute atomic E-state index is 15.1. The Hall–Kier alpha value is -2.18. The number of nitrogens with one attached hydrogen (secondary N) is 2. The minimum absolute atomic E-state index is 0.0795. The van der Waals surface area contributed by atoms with Crippen molar-refractivity contribution in [2.75, 3.05) is 0 Å². The minimum atomic E-state index is -5.21. The van der Waals surface area contributed by atoms with Crippen LogP contribution in [0.25, 0.3) is 0 Å². The van der Waals surface area contributed by atoms with E-state index in [9.17, 15) is 19.2 Å². The van der Waals surface area contributed by atoms with E-state index in [1.165, 1.54) is 0 Å². The molecule has 0 spiro atoms. The highest BCUT2D eigenvalue weighted by atomic mass is 19.4. The third-order valence-corrected chi connectivity index (χ3v) is 11.2. The zero-order chi connectivity index (χ0) is 24.8. The van der Waals surface area contributed by atoms with Crippen molar-refractivity contribution >= 4 is 23.6 Å². The van der Waals surface area contributed by atoms with E-state index in [1.54, 1.807) is 0 Å². The lowest BCUT2D eigenvalue weighted by molar-refractivity contribution is -0.329. The van der Waals surface area contributed by atoms with E-state index in [1.807, 2.05) is 0 Å². The fourth-order valence-electron chi connectivity index (χ4n) is 11.0. The van der Waals surface area contributed by atoms with Crippen molar-refractivity contribution < 1.29 is 50.3 Å². The van der Waals surface area contributed by atoms with Gasteiger partial charge in [-0.3, -0.25) is 29.8 Å². The predicted molar refractivity (Wildman–Crippen MR) is 96.1 cm³/mol. The summed E-state index contributed by atoms with van der Waals surface area (Å²) in [6.07, 6.45) is -10.6. The van der Waals surface area contributed by atoms with E-state index in [0.717, 1.165) is 0 Å². The maximum atomic E-state index is 15.1. The first-order valence-corrected chi connectivity index (χ1v) is 11.8. The molecule has 0 aromatic rings. The van der Waals surface area contributed by atoms with Crippen molar-refractivity contribution in [2.45, 2.75) is 36.4 Å². The average molecular weight is 504 g/mol. The monoisotopic (exact) mass is 504 g/mol. The molecule has 8 rings (SSSR count). The van der Waals surface area contributed by atoms with Gasteiger partial charge in [0.05, 0.1) is 23.7 Å². The Labute approximate surface area is 192 Å². The van der Waals surface area contributed by atoms with Gasteiger partial charge < -0.3 is 4.74 Å². The lowest BCUT2D eigenvalue weighted by Crippen LogP contribution is -2.66. The van der Waals surface area contributed by atoms with Crippen molar-refractivity contribution in [3.63, 3.8) is 0 Å². The van der Waals surface area contributed by atoms with Crippen molar-refractivity contribution in [2.24, 2.45) is 71.0 Å². The van der Waals surface area contributed by atoms with Gasteiger partial charge >= 0.3 is 12.4 Å². The Morgan fingerprint density at radius 3 is 1.06 bits per heavy atom. The molecule has 4 saturated heterocycles. The summed E-state index contributed by atoms with van der Waals surface area (Å²) in [5, 5.41) is 4.21. The van der Waals surface area contributed by atoms with Crippen LogP contribution in [0.5, 0.6) is 0 Å². The molecule has 14 atom stereocenters. The standard InChI is InChI=1S/C22H18F6N2O5/c23-21(24,25)19-11-3-1-4(8-7(3)15(31)29-16(8)32)12(11)20(35-19,22(26,27)28)14-6-2-5(13(14)19)9-10(6)18(34)30-17(9)33/h3-14H,1-2H2,(H,29,31,32)(H,30,33,34)/t3-,4+,5+,6-,7-,8+,9+,10-,11-,12+,13+,14-,19?,20?. The number of hydrogen-bond acceptors (Lipinski definition) is 5.